The van der Waals surface area contributed by atoms with Crippen LogP contribution in [0.4, 0.5) is 0 Å². The molecule has 60 valence electrons. The maximum absolute atomic E-state index is 10.6. The molecule has 0 amide bonds. The lowest BCUT2D eigenvalue weighted by Gasteiger charge is -1.92. The van der Waals surface area contributed by atoms with Crippen molar-refractivity contribution in [3.63, 3.8) is 0 Å². The maximum atomic E-state index is 10.6. The molecule has 0 fully saturated rings. The SMILES string of the molecule is C=C(/C=C\C=C/C)C(=O)OS. The van der Waals surface area contributed by atoms with Gasteiger partial charge in [0.15, 0.2) is 0 Å². The van der Waals surface area contributed by atoms with Crippen molar-refractivity contribution in [3.8, 4) is 0 Å². The molecule has 0 bridgehead atoms. The van der Waals surface area contributed by atoms with E-state index < -0.39 is 5.97 Å². The molecule has 0 radical (unpaired) electrons. The van der Waals surface area contributed by atoms with Gasteiger partial charge in [0.1, 0.15) is 0 Å². The lowest BCUT2D eigenvalue weighted by Crippen LogP contribution is -1.96. The van der Waals surface area contributed by atoms with Gasteiger partial charge >= 0.3 is 5.97 Å². The number of rotatable bonds is 3. The Morgan fingerprint density at radius 2 is 2.18 bits per heavy atom. The Hall–Kier alpha value is -0.960. The summed E-state index contributed by atoms with van der Waals surface area (Å²) in [5.74, 6) is -0.533. The molecule has 0 heterocycles. The minimum Gasteiger partial charge on any atom is -0.391 e. The minimum atomic E-state index is -0.533. The van der Waals surface area contributed by atoms with E-state index in [1.807, 2.05) is 13.0 Å². The van der Waals surface area contributed by atoms with E-state index in [9.17, 15) is 4.79 Å². The molecule has 0 rings (SSSR count). The van der Waals surface area contributed by atoms with Gasteiger partial charge in [-0.05, 0) is 13.0 Å². The van der Waals surface area contributed by atoms with Crippen molar-refractivity contribution in [2.24, 2.45) is 0 Å². The van der Waals surface area contributed by atoms with Crippen molar-refractivity contribution in [1.82, 2.24) is 0 Å². The van der Waals surface area contributed by atoms with Crippen LogP contribution in [-0.2, 0) is 8.98 Å². The molecular weight excluding hydrogens is 160 g/mol. The minimum absolute atomic E-state index is 0.276. The number of carbonyl (C=O) groups is 1. The molecule has 0 saturated carbocycles. The largest absolute Gasteiger partial charge is 0.391 e. The van der Waals surface area contributed by atoms with E-state index in [1.165, 1.54) is 0 Å². The van der Waals surface area contributed by atoms with E-state index in [1.54, 1.807) is 18.2 Å². The van der Waals surface area contributed by atoms with Gasteiger partial charge in [0.05, 0.1) is 5.57 Å². The number of hydrogen-bond acceptors (Lipinski definition) is 3. The zero-order chi connectivity index (χ0) is 8.69. The maximum Gasteiger partial charge on any atom is 0.349 e. The smallest absolute Gasteiger partial charge is 0.349 e. The molecule has 0 aromatic carbocycles. The number of thiol groups is 1. The van der Waals surface area contributed by atoms with Gasteiger partial charge in [-0.2, -0.15) is 0 Å². The lowest BCUT2D eigenvalue weighted by molar-refractivity contribution is -0.128. The number of allylic oxidation sites excluding steroid dienone is 3. The van der Waals surface area contributed by atoms with Gasteiger partial charge in [-0.1, -0.05) is 24.8 Å². The molecule has 0 saturated heterocycles. The van der Waals surface area contributed by atoms with Crippen LogP contribution >= 0.6 is 12.9 Å². The summed E-state index contributed by atoms with van der Waals surface area (Å²) in [7, 11) is 0. The Morgan fingerprint density at radius 1 is 1.55 bits per heavy atom. The van der Waals surface area contributed by atoms with Gasteiger partial charge in [-0.15, -0.1) is 0 Å². The first-order chi connectivity index (χ1) is 5.22. The molecule has 0 aliphatic heterocycles. The van der Waals surface area contributed by atoms with Crippen LogP contribution in [0.2, 0.25) is 0 Å². The molecule has 2 nitrogen and oxygen atoms in total. The van der Waals surface area contributed by atoms with Crippen LogP contribution in [0.3, 0.4) is 0 Å². The Balaban J connectivity index is 3.97. The molecule has 0 unspecified atom stereocenters. The molecule has 0 N–H and O–H groups in total. The summed E-state index contributed by atoms with van der Waals surface area (Å²) in [5, 5.41) is 0. The predicted molar refractivity (Wildman–Crippen MR) is 48.2 cm³/mol. The van der Waals surface area contributed by atoms with E-state index in [4.69, 9.17) is 0 Å². The summed E-state index contributed by atoms with van der Waals surface area (Å²) in [4.78, 5) is 10.6. The zero-order valence-corrected chi connectivity index (χ0v) is 7.17. The van der Waals surface area contributed by atoms with Crippen LogP contribution in [0.5, 0.6) is 0 Å². The fraction of sp³-hybridized carbons (Fsp3) is 0.125. The van der Waals surface area contributed by atoms with Crippen LogP contribution in [0.1, 0.15) is 6.92 Å². The fourth-order valence-electron chi connectivity index (χ4n) is 0.409. The third-order valence-electron chi connectivity index (χ3n) is 0.946. The first kappa shape index (κ1) is 10.0. The highest BCUT2D eigenvalue weighted by Crippen LogP contribution is 1.98. The molecule has 0 atom stereocenters. The van der Waals surface area contributed by atoms with Crippen molar-refractivity contribution in [2.75, 3.05) is 0 Å². The van der Waals surface area contributed by atoms with Crippen molar-refractivity contribution in [2.45, 2.75) is 6.92 Å². The quantitative estimate of drug-likeness (QED) is 0.304. The van der Waals surface area contributed by atoms with Gasteiger partial charge in [-0.3, -0.25) is 0 Å². The van der Waals surface area contributed by atoms with Gasteiger partial charge in [0.2, 0.25) is 0 Å². The Morgan fingerprint density at radius 3 is 2.64 bits per heavy atom. The molecule has 0 aromatic rings. The zero-order valence-electron chi connectivity index (χ0n) is 6.28. The topological polar surface area (TPSA) is 26.3 Å². The van der Waals surface area contributed by atoms with Gasteiger partial charge < -0.3 is 4.18 Å². The second-order valence-corrected chi connectivity index (χ2v) is 1.97. The molecule has 3 heteroatoms. The normalized spacial score (nSPS) is 10.7. The second-order valence-electron chi connectivity index (χ2n) is 1.79. The molecular formula is C8H10O2S. The molecule has 11 heavy (non-hydrogen) atoms. The summed E-state index contributed by atoms with van der Waals surface area (Å²) < 4.78 is 4.12. The first-order valence-corrected chi connectivity index (χ1v) is 3.43. The third kappa shape index (κ3) is 4.44. The molecule has 0 aliphatic carbocycles. The average Bonchev–Trinajstić information content (AvgIpc) is 2.03. The highest BCUT2D eigenvalue weighted by atomic mass is 32.1. The van der Waals surface area contributed by atoms with E-state index in [0.717, 1.165) is 0 Å². The summed E-state index contributed by atoms with van der Waals surface area (Å²) in [6.07, 6.45) is 6.89. The van der Waals surface area contributed by atoms with Crippen LogP contribution in [0.25, 0.3) is 0 Å². The summed E-state index contributed by atoms with van der Waals surface area (Å²) >= 11 is 3.34. The van der Waals surface area contributed by atoms with Gasteiger partial charge in [0, 0.05) is 12.9 Å². The van der Waals surface area contributed by atoms with Crippen molar-refractivity contribution in [1.29, 1.82) is 0 Å². The standard InChI is InChI=1S/C8H10O2S/c1-3-4-5-6-7(2)8(9)10-11/h3-6,11H,2H2,1H3/b4-3-,6-5-. The van der Waals surface area contributed by atoms with Crippen LogP contribution in [0.15, 0.2) is 36.5 Å². The monoisotopic (exact) mass is 170 g/mol. The number of hydrogen-bond donors (Lipinski definition) is 1. The first-order valence-electron chi connectivity index (χ1n) is 3.06. The van der Waals surface area contributed by atoms with Crippen LogP contribution in [-0.4, -0.2) is 5.97 Å². The van der Waals surface area contributed by atoms with E-state index in [2.05, 4.69) is 23.7 Å². The Bertz CT molecular complexity index is 204. The van der Waals surface area contributed by atoms with Gasteiger partial charge in [0.25, 0.3) is 0 Å². The highest BCUT2D eigenvalue weighted by molar-refractivity contribution is 7.75. The lowest BCUT2D eigenvalue weighted by atomic mass is 10.3. The van der Waals surface area contributed by atoms with E-state index in [-0.39, 0.29) is 5.57 Å². The summed E-state index contributed by atoms with van der Waals surface area (Å²) in [6.45, 7) is 5.33. The van der Waals surface area contributed by atoms with Crippen molar-refractivity contribution >= 4 is 18.9 Å². The van der Waals surface area contributed by atoms with Crippen molar-refractivity contribution in [3.05, 3.63) is 36.5 Å². The molecule has 0 aliphatic rings. The summed E-state index contributed by atoms with van der Waals surface area (Å²) in [5.41, 5.74) is 0.276. The van der Waals surface area contributed by atoms with Crippen molar-refractivity contribution < 1.29 is 8.98 Å². The predicted octanol–water partition coefficient (Wildman–Crippen LogP) is 2.06. The van der Waals surface area contributed by atoms with E-state index >= 15 is 0 Å². The summed E-state index contributed by atoms with van der Waals surface area (Å²) in [6, 6.07) is 0. The fourth-order valence-corrected chi connectivity index (χ4v) is 0.527. The molecule has 0 aromatic heterocycles. The molecule has 0 spiro atoms. The highest BCUT2D eigenvalue weighted by Gasteiger charge is 2.00. The average molecular weight is 170 g/mol. The Kier molecular flexibility index (Phi) is 5.29. The van der Waals surface area contributed by atoms with Crippen LogP contribution in [0, 0.1) is 0 Å². The number of carbonyl (C=O) groups excluding carboxylic acids is 1. The van der Waals surface area contributed by atoms with Crippen LogP contribution < -0.4 is 0 Å². The van der Waals surface area contributed by atoms with E-state index in [0.29, 0.717) is 0 Å². The van der Waals surface area contributed by atoms with Gasteiger partial charge in [-0.25, -0.2) is 4.79 Å². The third-order valence-corrected chi connectivity index (χ3v) is 1.11. The Labute approximate surface area is 71.9 Å². The second kappa shape index (κ2) is 5.80.